The second kappa shape index (κ2) is 9.62. The summed E-state index contributed by atoms with van der Waals surface area (Å²) in [6.45, 7) is 0. The predicted octanol–water partition coefficient (Wildman–Crippen LogP) is -4.69. The van der Waals surface area contributed by atoms with Crippen molar-refractivity contribution in [3.8, 4) is 0 Å². The molecule has 0 unspecified atom stereocenters. The average Bonchev–Trinajstić information content (AvgIpc) is 0.811. The molecule has 6 heteroatoms. The Morgan fingerprint density at radius 2 is 1.00 bits per heavy atom. The van der Waals surface area contributed by atoms with E-state index in [-0.39, 0.29) is 43.8 Å². The molecule has 0 saturated carbocycles. The first-order chi connectivity index (χ1) is 1.73. The van der Waals surface area contributed by atoms with Gasteiger partial charge in [0.05, 0.1) is 0 Å². The molecule has 0 amide bonds. The molecule has 0 rings (SSSR count). The van der Waals surface area contributed by atoms with Crippen LogP contribution in [0.3, 0.4) is 0 Å². The molecule has 0 aromatic carbocycles. The van der Waals surface area contributed by atoms with Crippen LogP contribution < -0.4 is 0 Å². The van der Waals surface area contributed by atoms with Gasteiger partial charge in [0.1, 0.15) is 0 Å². The summed E-state index contributed by atoms with van der Waals surface area (Å²) in [5.74, 6) is 0. The van der Waals surface area contributed by atoms with Crippen molar-refractivity contribution in [2.45, 2.75) is 0 Å². The molecule has 3 N–H and O–H groups in total. The normalized spacial score (nSPS) is 4.50. The van der Waals surface area contributed by atoms with Crippen LogP contribution in [0.2, 0.25) is 0 Å². The Bertz CT molecular complexity index is 15.5. The summed E-state index contributed by atoms with van der Waals surface area (Å²) in [7, 11) is -2.17. The van der Waals surface area contributed by atoms with Crippen molar-refractivity contribution in [3.63, 3.8) is 0 Å². The van der Waals surface area contributed by atoms with Gasteiger partial charge in [0, 0.05) is 0 Å². The van der Waals surface area contributed by atoms with E-state index in [1.807, 2.05) is 0 Å². The first kappa shape index (κ1) is 15.7. The number of rotatable bonds is 0. The van der Waals surface area contributed by atoms with Gasteiger partial charge < -0.3 is 15.1 Å². The summed E-state index contributed by atoms with van der Waals surface area (Å²) in [6, 6.07) is 0. The molecular formula is H10BBiGeO3. The topological polar surface area (TPSA) is 60.7 Å². The first-order valence-electron chi connectivity index (χ1n) is 0.775. The van der Waals surface area contributed by atoms with Crippen LogP contribution in [0, 0.1) is 0 Å². The molecule has 40 valence electrons. The van der Waals surface area contributed by atoms with E-state index in [4.69, 9.17) is 15.1 Å². The SMILES string of the molecule is OB(O)O.[BiH3].[GeH4]. The Morgan fingerprint density at radius 1 is 1.00 bits per heavy atom. The standard InChI is InChI=1S/BH3O3.Bi.GeH4.3H/c2-1(3)4;;;;;/h2-4H;;1H4;;;. The van der Waals surface area contributed by atoms with Gasteiger partial charge in [-0.25, -0.2) is 0 Å². The minimum absolute atomic E-state index is 0. The second-order valence-electron chi connectivity index (χ2n) is 0.346. The van der Waals surface area contributed by atoms with E-state index in [1.165, 1.54) is 0 Å². The molecule has 3 nitrogen and oxygen atoms in total. The fraction of sp³-hybridized carbons (Fsp3) is 0. The average molecular weight is 350 g/mol. The van der Waals surface area contributed by atoms with E-state index in [0.717, 1.165) is 0 Å². The first-order valence-corrected chi connectivity index (χ1v) is 0.775. The van der Waals surface area contributed by atoms with Crippen LogP contribution in [0.25, 0.3) is 0 Å². The summed E-state index contributed by atoms with van der Waals surface area (Å²) in [6.07, 6.45) is 0. The van der Waals surface area contributed by atoms with Crippen molar-refractivity contribution in [2.24, 2.45) is 0 Å². The maximum atomic E-state index is 7.17. The van der Waals surface area contributed by atoms with Crippen LogP contribution in [0.5, 0.6) is 0 Å². The molecule has 0 aromatic heterocycles. The van der Waals surface area contributed by atoms with Crippen LogP contribution in [0.4, 0.5) is 0 Å². The number of hydrogen-bond donors (Lipinski definition) is 3. The van der Waals surface area contributed by atoms with Gasteiger partial charge in [-0.2, -0.15) is 0 Å². The van der Waals surface area contributed by atoms with E-state index < -0.39 is 7.32 Å². The zero-order valence-electron chi connectivity index (χ0n) is 2.63. The molecule has 0 saturated heterocycles. The Morgan fingerprint density at radius 3 is 1.00 bits per heavy atom. The van der Waals surface area contributed by atoms with E-state index in [9.17, 15) is 0 Å². The van der Waals surface area contributed by atoms with Gasteiger partial charge in [0.15, 0.2) is 0 Å². The van der Waals surface area contributed by atoms with Gasteiger partial charge in [0.2, 0.25) is 0 Å². The molecule has 0 aliphatic rings. The van der Waals surface area contributed by atoms with Crippen LogP contribution in [0.1, 0.15) is 0 Å². The Balaban J connectivity index is -0.0000000450. The van der Waals surface area contributed by atoms with Crippen molar-refractivity contribution < 1.29 is 15.1 Å². The Hall–Kier alpha value is 1.37. The van der Waals surface area contributed by atoms with E-state index in [0.29, 0.717) is 0 Å². The van der Waals surface area contributed by atoms with Crippen LogP contribution in [-0.2, 0) is 0 Å². The summed E-state index contributed by atoms with van der Waals surface area (Å²) < 4.78 is 0. The van der Waals surface area contributed by atoms with Gasteiger partial charge in [-0.1, -0.05) is 0 Å². The molecule has 0 aliphatic heterocycles. The summed E-state index contributed by atoms with van der Waals surface area (Å²) in [5.41, 5.74) is 0. The second-order valence-corrected chi connectivity index (χ2v) is 0.346. The third-order valence-electron chi connectivity index (χ3n) is 0. The fourth-order valence-electron chi connectivity index (χ4n) is 0. The molecular weight excluding hydrogens is 340 g/mol. The molecule has 0 aromatic rings. The molecule has 0 radical (unpaired) electrons. The van der Waals surface area contributed by atoms with Crippen LogP contribution >= 0.6 is 0 Å². The monoisotopic (exact) mass is 352 g/mol. The Kier molecular flexibility index (Phi) is 25.1. The van der Waals surface area contributed by atoms with E-state index in [2.05, 4.69) is 0 Å². The zero-order chi connectivity index (χ0) is 3.58. The third kappa shape index (κ3) is 54.6. The Labute approximate surface area is 66.0 Å². The van der Waals surface area contributed by atoms with E-state index in [1.54, 1.807) is 0 Å². The van der Waals surface area contributed by atoms with Gasteiger partial charge >= 0.3 is 51.1 Å². The zero-order valence-corrected chi connectivity index (χ0v) is 8.12. The minimum atomic E-state index is -2.17. The summed E-state index contributed by atoms with van der Waals surface area (Å²) in [5, 5.41) is 21.5. The molecule has 6 heavy (non-hydrogen) atoms. The van der Waals surface area contributed by atoms with Gasteiger partial charge in [-0.15, -0.1) is 0 Å². The third-order valence-corrected chi connectivity index (χ3v) is 0. The predicted molar refractivity (Wildman–Crippen MR) is 33.7 cm³/mol. The molecule has 0 spiro atoms. The molecule has 0 heterocycles. The number of hydrogen-bond acceptors (Lipinski definition) is 3. The van der Waals surface area contributed by atoms with Crippen molar-refractivity contribution in [3.05, 3.63) is 0 Å². The van der Waals surface area contributed by atoms with Crippen molar-refractivity contribution in [1.82, 2.24) is 0 Å². The van der Waals surface area contributed by atoms with Crippen LogP contribution in [0.15, 0.2) is 0 Å². The van der Waals surface area contributed by atoms with Crippen molar-refractivity contribution >= 4 is 51.1 Å². The molecule has 0 atom stereocenters. The van der Waals surface area contributed by atoms with Crippen molar-refractivity contribution in [2.75, 3.05) is 0 Å². The van der Waals surface area contributed by atoms with E-state index >= 15 is 0 Å². The quantitative estimate of drug-likeness (QED) is 0.385. The van der Waals surface area contributed by atoms with Gasteiger partial charge in [0.25, 0.3) is 0 Å². The fourth-order valence-corrected chi connectivity index (χ4v) is 0. The van der Waals surface area contributed by atoms with Gasteiger partial charge in [-0.3, -0.25) is 0 Å². The maximum absolute atomic E-state index is 7.17. The van der Waals surface area contributed by atoms with Crippen molar-refractivity contribution in [1.29, 1.82) is 0 Å². The molecule has 0 fully saturated rings. The van der Waals surface area contributed by atoms with Gasteiger partial charge in [-0.05, 0) is 0 Å². The molecule has 0 bridgehead atoms. The summed E-state index contributed by atoms with van der Waals surface area (Å²) in [4.78, 5) is 0. The summed E-state index contributed by atoms with van der Waals surface area (Å²) >= 11 is 0. The molecule has 0 aliphatic carbocycles. The van der Waals surface area contributed by atoms with Crippen LogP contribution in [-0.4, -0.2) is 66.2 Å².